The van der Waals surface area contributed by atoms with Crippen LogP contribution in [0.4, 0.5) is 0 Å². The molecule has 0 aliphatic carbocycles. The lowest BCUT2D eigenvalue weighted by molar-refractivity contribution is 0.304. The number of halogens is 1. The summed E-state index contributed by atoms with van der Waals surface area (Å²) in [5.41, 5.74) is 2.10. The molecule has 0 amide bonds. The number of hydrogen-bond acceptors (Lipinski definition) is 6. The SMILES string of the molecule is CCCCCCCCBr.CCCCCCCCOc1ccc2c(C)cc(=O)oc2c1.Cc1cc(=O)oc2cc(O)ccc12. The topological polar surface area (TPSA) is 89.9 Å². The van der Waals surface area contributed by atoms with Gasteiger partial charge in [0, 0.05) is 40.4 Å². The largest absolute Gasteiger partial charge is 0.508 e. The summed E-state index contributed by atoms with van der Waals surface area (Å²) in [6.45, 7) is 8.94. The number of phenols is 1. The second-order valence-corrected chi connectivity index (χ2v) is 11.7. The van der Waals surface area contributed by atoms with Gasteiger partial charge in [-0.3, -0.25) is 0 Å². The molecule has 0 fully saturated rings. The third-order valence-corrected chi connectivity index (χ3v) is 7.67. The van der Waals surface area contributed by atoms with E-state index in [0.29, 0.717) is 17.8 Å². The molecule has 2 aromatic carbocycles. The maximum absolute atomic E-state index is 11.4. The summed E-state index contributed by atoms with van der Waals surface area (Å²) in [7, 11) is 0. The molecule has 4 rings (SSSR count). The van der Waals surface area contributed by atoms with E-state index >= 15 is 0 Å². The summed E-state index contributed by atoms with van der Waals surface area (Å²) in [4.78, 5) is 22.4. The summed E-state index contributed by atoms with van der Waals surface area (Å²) in [6, 6.07) is 13.4. The maximum Gasteiger partial charge on any atom is 0.336 e. The lowest BCUT2D eigenvalue weighted by Crippen LogP contribution is -2.00. The van der Waals surface area contributed by atoms with Crippen LogP contribution in [0.2, 0.25) is 0 Å². The number of phenolic OH excluding ortho intramolecular Hbond substituents is 1. The monoisotopic (exact) mass is 656 g/mol. The summed E-state index contributed by atoms with van der Waals surface area (Å²) in [5.74, 6) is 0.867. The van der Waals surface area contributed by atoms with E-state index in [2.05, 4.69) is 29.8 Å². The van der Waals surface area contributed by atoms with Crippen LogP contribution in [0.25, 0.3) is 21.9 Å². The van der Waals surface area contributed by atoms with Gasteiger partial charge in [-0.2, -0.15) is 0 Å². The first kappa shape index (κ1) is 36.1. The molecule has 43 heavy (non-hydrogen) atoms. The lowest BCUT2D eigenvalue weighted by atomic mass is 10.1. The zero-order chi connectivity index (χ0) is 31.5. The van der Waals surface area contributed by atoms with Crippen molar-refractivity contribution in [1.29, 1.82) is 0 Å². The Morgan fingerprint density at radius 1 is 0.651 bits per heavy atom. The Kier molecular flexibility index (Phi) is 17.5. The van der Waals surface area contributed by atoms with E-state index in [1.807, 2.05) is 26.0 Å². The molecular weight excluding hydrogens is 608 g/mol. The van der Waals surface area contributed by atoms with Crippen LogP contribution in [0.1, 0.15) is 102 Å². The Labute approximate surface area is 264 Å². The maximum atomic E-state index is 11.4. The predicted molar refractivity (Wildman–Crippen MR) is 182 cm³/mol. The van der Waals surface area contributed by atoms with Gasteiger partial charge >= 0.3 is 11.3 Å². The molecule has 2 heterocycles. The van der Waals surface area contributed by atoms with Crippen LogP contribution < -0.4 is 16.0 Å². The van der Waals surface area contributed by atoms with Crippen molar-refractivity contribution < 1.29 is 18.7 Å². The van der Waals surface area contributed by atoms with Gasteiger partial charge in [-0.05, 0) is 62.1 Å². The molecule has 0 radical (unpaired) electrons. The second kappa shape index (κ2) is 20.8. The lowest BCUT2D eigenvalue weighted by Gasteiger charge is -2.07. The fraction of sp³-hybridized carbons (Fsp3) is 0.500. The normalized spacial score (nSPS) is 10.6. The van der Waals surface area contributed by atoms with Crippen LogP contribution in [0.15, 0.2) is 67.0 Å². The van der Waals surface area contributed by atoms with Crippen LogP contribution in [0, 0.1) is 13.8 Å². The van der Waals surface area contributed by atoms with Gasteiger partial charge in [-0.15, -0.1) is 0 Å². The Morgan fingerprint density at radius 2 is 1.14 bits per heavy atom. The number of benzene rings is 2. The van der Waals surface area contributed by atoms with Crippen molar-refractivity contribution >= 4 is 37.9 Å². The molecule has 0 aliphatic rings. The molecule has 236 valence electrons. The van der Waals surface area contributed by atoms with Crippen molar-refractivity contribution in [2.24, 2.45) is 0 Å². The Bertz CT molecular complexity index is 1470. The van der Waals surface area contributed by atoms with Crippen molar-refractivity contribution in [2.45, 2.75) is 105 Å². The second-order valence-electron chi connectivity index (χ2n) is 10.9. The van der Waals surface area contributed by atoms with Crippen molar-refractivity contribution in [2.75, 3.05) is 11.9 Å². The van der Waals surface area contributed by atoms with Crippen molar-refractivity contribution in [3.05, 3.63) is 80.5 Å². The molecule has 4 aromatic rings. The van der Waals surface area contributed by atoms with E-state index in [9.17, 15) is 9.59 Å². The van der Waals surface area contributed by atoms with Gasteiger partial charge in [-0.25, -0.2) is 9.59 Å². The number of alkyl halides is 1. The quantitative estimate of drug-likeness (QED) is 0.0825. The highest BCUT2D eigenvalue weighted by atomic mass is 79.9. The number of ether oxygens (including phenoxy) is 1. The molecule has 7 heteroatoms. The van der Waals surface area contributed by atoms with Gasteiger partial charge in [0.2, 0.25) is 0 Å². The molecule has 1 N–H and O–H groups in total. The predicted octanol–water partition coefficient (Wildman–Crippen LogP) is 10.4. The number of hydrogen-bond donors (Lipinski definition) is 1. The van der Waals surface area contributed by atoms with Crippen molar-refractivity contribution in [3.63, 3.8) is 0 Å². The molecule has 2 aromatic heterocycles. The van der Waals surface area contributed by atoms with Crippen molar-refractivity contribution in [3.8, 4) is 11.5 Å². The zero-order valence-corrected chi connectivity index (χ0v) is 28.0. The molecule has 0 aliphatic heterocycles. The fourth-order valence-corrected chi connectivity index (χ4v) is 5.05. The van der Waals surface area contributed by atoms with Crippen molar-refractivity contribution in [1.82, 2.24) is 0 Å². The molecular formula is C36H49BrO6. The van der Waals surface area contributed by atoms with Crippen LogP contribution in [-0.4, -0.2) is 17.0 Å². The van der Waals surface area contributed by atoms with Crippen LogP contribution in [-0.2, 0) is 0 Å². The smallest absolute Gasteiger partial charge is 0.336 e. The van der Waals surface area contributed by atoms with Gasteiger partial charge in [0.25, 0.3) is 0 Å². The molecule has 0 saturated heterocycles. The number of unbranched alkanes of at least 4 members (excludes halogenated alkanes) is 10. The minimum atomic E-state index is -0.393. The van der Waals surface area contributed by atoms with E-state index < -0.39 is 5.63 Å². The van der Waals surface area contributed by atoms with Gasteiger partial charge < -0.3 is 18.7 Å². The molecule has 0 spiro atoms. The third-order valence-electron chi connectivity index (χ3n) is 7.11. The summed E-state index contributed by atoms with van der Waals surface area (Å²) < 4.78 is 15.9. The summed E-state index contributed by atoms with van der Waals surface area (Å²) in [5, 5.41) is 12.1. The molecule has 0 saturated carbocycles. The van der Waals surface area contributed by atoms with E-state index in [0.717, 1.165) is 34.1 Å². The average molecular weight is 658 g/mol. The first-order valence-corrected chi connectivity index (χ1v) is 16.9. The highest BCUT2D eigenvalue weighted by Crippen LogP contribution is 2.23. The van der Waals surface area contributed by atoms with E-state index in [1.54, 1.807) is 18.2 Å². The Balaban J connectivity index is 0.000000250. The van der Waals surface area contributed by atoms with Crippen LogP contribution >= 0.6 is 15.9 Å². The molecule has 0 atom stereocenters. The van der Waals surface area contributed by atoms with Gasteiger partial charge in [-0.1, -0.05) is 94.0 Å². The molecule has 6 nitrogen and oxygen atoms in total. The first-order valence-electron chi connectivity index (χ1n) is 15.8. The number of rotatable bonds is 14. The van der Waals surface area contributed by atoms with Crippen LogP contribution in [0.5, 0.6) is 11.5 Å². The Hall–Kier alpha value is -3.06. The van der Waals surface area contributed by atoms with Gasteiger partial charge in [0.1, 0.15) is 22.7 Å². The third kappa shape index (κ3) is 13.8. The van der Waals surface area contributed by atoms with E-state index in [4.69, 9.17) is 18.7 Å². The first-order chi connectivity index (χ1) is 20.8. The van der Waals surface area contributed by atoms with Gasteiger partial charge in [0.05, 0.1) is 6.61 Å². The van der Waals surface area contributed by atoms with E-state index in [-0.39, 0.29) is 11.4 Å². The summed E-state index contributed by atoms with van der Waals surface area (Å²) in [6.07, 6.45) is 15.9. The highest BCUT2D eigenvalue weighted by Gasteiger charge is 2.04. The molecule has 0 unspecified atom stereocenters. The fourth-order valence-electron chi connectivity index (χ4n) is 4.66. The van der Waals surface area contributed by atoms with Crippen LogP contribution in [0.3, 0.4) is 0 Å². The van der Waals surface area contributed by atoms with E-state index in [1.165, 1.54) is 94.2 Å². The summed E-state index contributed by atoms with van der Waals surface area (Å²) >= 11 is 3.42. The minimum absolute atomic E-state index is 0.0984. The number of fused-ring (bicyclic) bond motifs is 2. The molecule has 0 bridgehead atoms. The van der Waals surface area contributed by atoms with Gasteiger partial charge in [0.15, 0.2) is 0 Å². The zero-order valence-electron chi connectivity index (χ0n) is 26.4. The Morgan fingerprint density at radius 3 is 1.70 bits per heavy atom. The number of aromatic hydroxyl groups is 1. The highest BCUT2D eigenvalue weighted by molar-refractivity contribution is 9.09. The standard InChI is InChI=1S/C18H24O3.C10H8O3.C8H17Br/c1-3-4-5-6-7-8-11-20-15-9-10-16-14(2)12-18(19)21-17(16)13-15;1-6-4-10(12)13-9-5-7(11)2-3-8(6)9;1-2-3-4-5-6-7-8-9/h9-10,12-13H,3-8,11H2,1-2H3;2-5,11H,1H3;2-8H2,1H3. The minimum Gasteiger partial charge on any atom is -0.508 e. The average Bonchev–Trinajstić information content (AvgIpc) is 2.97. The number of aryl methyl sites for hydroxylation is 2.